The first-order chi connectivity index (χ1) is 20.7. The largest absolute Gasteiger partial charge is 0.489 e. The van der Waals surface area contributed by atoms with Crippen LogP contribution in [0, 0.1) is 17.7 Å². The minimum atomic E-state index is -0.984. The van der Waals surface area contributed by atoms with Crippen LogP contribution in [-0.4, -0.2) is 26.6 Å². The number of carboxylic acids is 1. The van der Waals surface area contributed by atoms with Gasteiger partial charge in [0.1, 0.15) is 30.7 Å². The van der Waals surface area contributed by atoms with E-state index in [1.807, 2.05) is 35.1 Å². The molecule has 1 unspecified atom stereocenters. The lowest BCUT2D eigenvalue weighted by molar-refractivity contribution is -0.139. The van der Waals surface area contributed by atoms with Gasteiger partial charge in [-0.15, -0.1) is 0 Å². The molecule has 7 nitrogen and oxygen atoms in total. The van der Waals surface area contributed by atoms with E-state index in [4.69, 9.17) is 9.57 Å². The quantitative estimate of drug-likeness (QED) is 0.115. The van der Waals surface area contributed by atoms with Gasteiger partial charge in [-0.1, -0.05) is 68.7 Å². The maximum atomic E-state index is 13.1. The summed E-state index contributed by atoms with van der Waals surface area (Å²) < 4.78 is 21.2. The second-order valence-corrected chi connectivity index (χ2v) is 11.2. The predicted molar refractivity (Wildman–Crippen MR) is 166 cm³/mol. The van der Waals surface area contributed by atoms with Gasteiger partial charge in [-0.2, -0.15) is 5.10 Å². The van der Waals surface area contributed by atoms with Crippen molar-refractivity contribution < 1.29 is 23.9 Å². The molecule has 1 N–H and O–H groups in total. The molecular formula is C35H40FN3O4. The molecule has 0 aliphatic heterocycles. The standard InChI is InChI=1S/C35H40FN3O4/c1-5-6-34-29(21-37-39(34)31-15-9-26(10-16-31)19-24(2)3)23-42-32-17-11-27(12-18-32)20-33(35(40)41)25(4)38-43-22-28-7-13-30(36)14-8-28/h7-18,21,24,33H,5-6,19-20,22-23H2,1-4H3,(H,40,41)/b38-25+. The van der Waals surface area contributed by atoms with Crippen LogP contribution in [0.15, 0.2) is 84.1 Å². The Bertz CT molecular complexity index is 1490. The zero-order chi connectivity index (χ0) is 30.8. The van der Waals surface area contributed by atoms with E-state index in [1.54, 1.807) is 19.1 Å². The minimum Gasteiger partial charge on any atom is -0.489 e. The van der Waals surface area contributed by atoms with Crippen molar-refractivity contribution in [2.75, 3.05) is 0 Å². The first-order valence-corrected chi connectivity index (χ1v) is 14.7. The van der Waals surface area contributed by atoms with Crippen LogP contribution in [0.1, 0.15) is 62.1 Å². The number of carbonyl (C=O) groups is 1. The monoisotopic (exact) mass is 585 g/mol. The first kappa shape index (κ1) is 31.5. The highest BCUT2D eigenvalue weighted by molar-refractivity contribution is 6.00. The van der Waals surface area contributed by atoms with Crippen LogP contribution in [-0.2, 0) is 42.1 Å². The second-order valence-electron chi connectivity index (χ2n) is 11.2. The minimum absolute atomic E-state index is 0.124. The number of carboxylic acid groups (broad SMARTS) is 1. The lowest BCUT2D eigenvalue weighted by atomic mass is 9.95. The third kappa shape index (κ3) is 9.01. The highest BCUT2D eigenvalue weighted by Crippen LogP contribution is 2.22. The Morgan fingerprint density at radius 2 is 1.56 bits per heavy atom. The molecule has 1 aromatic heterocycles. The van der Waals surface area contributed by atoms with Crippen molar-refractivity contribution >= 4 is 11.7 Å². The molecule has 0 amide bonds. The molecule has 0 bridgehead atoms. The van der Waals surface area contributed by atoms with E-state index in [9.17, 15) is 14.3 Å². The van der Waals surface area contributed by atoms with Gasteiger partial charge in [0.05, 0.1) is 23.3 Å². The number of hydrogen-bond acceptors (Lipinski definition) is 5. The number of nitrogens with zero attached hydrogens (tertiary/aromatic N) is 3. The van der Waals surface area contributed by atoms with E-state index < -0.39 is 11.9 Å². The number of benzene rings is 3. The van der Waals surface area contributed by atoms with E-state index in [0.717, 1.165) is 47.3 Å². The van der Waals surface area contributed by atoms with Crippen molar-refractivity contribution in [3.63, 3.8) is 0 Å². The summed E-state index contributed by atoms with van der Waals surface area (Å²) in [4.78, 5) is 17.3. The van der Waals surface area contributed by atoms with E-state index in [1.165, 1.54) is 17.7 Å². The Kier molecular flexibility index (Phi) is 11.1. The van der Waals surface area contributed by atoms with Crippen molar-refractivity contribution in [2.45, 2.75) is 66.6 Å². The van der Waals surface area contributed by atoms with E-state index in [-0.39, 0.29) is 18.8 Å². The molecule has 8 heteroatoms. The van der Waals surface area contributed by atoms with Crippen molar-refractivity contribution in [3.8, 4) is 11.4 Å². The third-order valence-electron chi connectivity index (χ3n) is 7.18. The summed E-state index contributed by atoms with van der Waals surface area (Å²) in [6, 6.07) is 21.9. The smallest absolute Gasteiger partial charge is 0.312 e. The van der Waals surface area contributed by atoms with E-state index >= 15 is 0 Å². The van der Waals surface area contributed by atoms with Gasteiger partial charge in [-0.25, -0.2) is 9.07 Å². The molecule has 1 heterocycles. The Balaban J connectivity index is 1.36. The number of oxime groups is 1. The molecule has 0 saturated heterocycles. The zero-order valence-corrected chi connectivity index (χ0v) is 25.3. The van der Waals surface area contributed by atoms with Gasteiger partial charge in [-0.3, -0.25) is 4.79 Å². The van der Waals surface area contributed by atoms with Gasteiger partial charge in [0.2, 0.25) is 0 Å². The zero-order valence-electron chi connectivity index (χ0n) is 25.3. The summed E-state index contributed by atoms with van der Waals surface area (Å²) in [6.45, 7) is 8.74. The average molecular weight is 586 g/mol. The summed E-state index contributed by atoms with van der Waals surface area (Å²) in [5.41, 5.74) is 6.47. The Morgan fingerprint density at radius 3 is 2.19 bits per heavy atom. The molecule has 0 aliphatic carbocycles. The molecule has 43 heavy (non-hydrogen) atoms. The number of ether oxygens (including phenoxy) is 1. The Labute approximate surface area is 253 Å². The molecule has 0 spiro atoms. The molecule has 3 aromatic carbocycles. The molecule has 0 radical (unpaired) electrons. The third-order valence-corrected chi connectivity index (χ3v) is 7.18. The molecule has 226 valence electrons. The van der Waals surface area contributed by atoms with Crippen molar-refractivity contribution in [2.24, 2.45) is 17.0 Å². The van der Waals surface area contributed by atoms with Crippen molar-refractivity contribution in [1.29, 1.82) is 0 Å². The maximum Gasteiger partial charge on any atom is 0.312 e. The Morgan fingerprint density at radius 1 is 0.930 bits per heavy atom. The van der Waals surface area contributed by atoms with Crippen LogP contribution >= 0.6 is 0 Å². The normalized spacial score (nSPS) is 12.4. The molecule has 1 atom stereocenters. The fourth-order valence-electron chi connectivity index (χ4n) is 4.88. The van der Waals surface area contributed by atoms with Crippen LogP contribution in [0.3, 0.4) is 0 Å². The van der Waals surface area contributed by atoms with Crippen LogP contribution in [0.4, 0.5) is 4.39 Å². The second kappa shape index (κ2) is 15.1. The summed E-state index contributed by atoms with van der Waals surface area (Å²) in [5, 5.41) is 18.5. The summed E-state index contributed by atoms with van der Waals surface area (Å²) >= 11 is 0. The van der Waals surface area contributed by atoms with Gasteiger partial charge in [0.15, 0.2) is 0 Å². The van der Waals surface area contributed by atoms with Gasteiger partial charge in [0, 0.05) is 5.56 Å². The average Bonchev–Trinajstić information content (AvgIpc) is 3.38. The van der Waals surface area contributed by atoms with Gasteiger partial charge >= 0.3 is 5.97 Å². The fourth-order valence-corrected chi connectivity index (χ4v) is 4.88. The van der Waals surface area contributed by atoms with Gasteiger partial charge in [-0.05, 0) is 85.2 Å². The van der Waals surface area contributed by atoms with E-state index in [0.29, 0.717) is 24.0 Å². The molecular weight excluding hydrogens is 545 g/mol. The Hall–Kier alpha value is -4.46. The molecule has 0 fully saturated rings. The molecule has 4 rings (SSSR count). The van der Waals surface area contributed by atoms with E-state index in [2.05, 4.69) is 55.3 Å². The highest BCUT2D eigenvalue weighted by atomic mass is 19.1. The maximum absolute atomic E-state index is 13.1. The number of halogens is 1. The summed E-state index contributed by atoms with van der Waals surface area (Å²) in [6.07, 6.45) is 5.06. The van der Waals surface area contributed by atoms with Crippen LogP contribution in [0.2, 0.25) is 0 Å². The van der Waals surface area contributed by atoms with Gasteiger partial charge < -0.3 is 14.7 Å². The SMILES string of the molecule is CCCc1c(COc2ccc(CC(C(=O)O)/C(C)=N/OCc3ccc(F)cc3)cc2)cnn1-c1ccc(CC(C)C)cc1. The number of aliphatic carboxylic acids is 1. The predicted octanol–water partition coefficient (Wildman–Crippen LogP) is 7.58. The van der Waals surface area contributed by atoms with Crippen molar-refractivity contribution in [1.82, 2.24) is 9.78 Å². The lowest BCUT2D eigenvalue weighted by Crippen LogP contribution is -2.24. The highest BCUT2D eigenvalue weighted by Gasteiger charge is 2.22. The number of hydrogen-bond donors (Lipinski definition) is 1. The number of rotatable bonds is 15. The van der Waals surface area contributed by atoms with Crippen LogP contribution in [0.5, 0.6) is 5.75 Å². The summed E-state index contributed by atoms with van der Waals surface area (Å²) in [7, 11) is 0. The lowest BCUT2D eigenvalue weighted by Gasteiger charge is -2.13. The van der Waals surface area contributed by atoms with Crippen molar-refractivity contribution in [3.05, 3.63) is 113 Å². The van der Waals surface area contributed by atoms with Crippen LogP contribution < -0.4 is 4.74 Å². The number of aromatic nitrogens is 2. The molecule has 4 aromatic rings. The molecule has 0 saturated carbocycles. The van der Waals surface area contributed by atoms with Crippen LogP contribution in [0.25, 0.3) is 5.69 Å². The van der Waals surface area contributed by atoms with Gasteiger partial charge in [0.25, 0.3) is 0 Å². The summed E-state index contributed by atoms with van der Waals surface area (Å²) in [5.74, 6) is -0.859. The fraction of sp³-hybridized carbons (Fsp3) is 0.343. The topological polar surface area (TPSA) is 85.9 Å². The molecule has 0 aliphatic rings. The first-order valence-electron chi connectivity index (χ1n) is 14.7.